The average molecular weight is 294 g/mol. The number of hydrogen-bond donors (Lipinski definition) is 2. The monoisotopic (exact) mass is 294 g/mol. The molecule has 2 nitrogen and oxygen atoms in total. The third-order valence-corrected chi connectivity index (χ3v) is 3.37. The van der Waals surface area contributed by atoms with Crippen molar-refractivity contribution in [1.82, 2.24) is 0 Å². The van der Waals surface area contributed by atoms with Crippen molar-refractivity contribution < 1.29 is 0 Å². The summed E-state index contributed by atoms with van der Waals surface area (Å²) in [6.45, 7) is 12.3. The molecule has 0 amide bonds. The molecule has 22 heavy (non-hydrogen) atoms. The van der Waals surface area contributed by atoms with Gasteiger partial charge in [0.15, 0.2) is 0 Å². The second kappa shape index (κ2) is 8.73. The van der Waals surface area contributed by atoms with Crippen molar-refractivity contribution >= 4 is 22.5 Å². The summed E-state index contributed by atoms with van der Waals surface area (Å²) in [7, 11) is 0. The Balaban J connectivity index is 0.00000116. The minimum atomic E-state index is 0.771. The molecule has 0 aromatic heterocycles. The third-order valence-electron chi connectivity index (χ3n) is 3.37. The third kappa shape index (κ3) is 5.13. The van der Waals surface area contributed by atoms with Crippen molar-refractivity contribution in [3.63, 3.8) is 0 Å². The number of nitrogens with two attached hydrogens (primary N) is 2. The Bertz CT molecular complexity index is 550. The van der Waals surface area contributed by atoms with Crippen molar-refractivity contribution in [1.29, 1.82) is 0 Å². The molecule has 0 fully saturated rings. The quantitative estimate of drug-likeness (QED) is 0.727. The molecule has 0 bridgehead atoms. The molecule has 0 aliphatic rings. The minimum absolute atomic E-state index is 0.771. The smallest absolute Gasteiger partial charge is 0.0314 e. The van der Waals surface area contributed by atoms with E-state index in [1.165, 1.54) is 0 Å². The van der Waals surface area contributed by atoms with Crippen molar-refractivity contribution in [3.8, 4) is 0 Å². The number of hydrogen-bond acceptors (Lipinski definition) is 2. The predicted octanol–water partition coefficient (Wildman–Crippen LogP) is 5.38. The van der Waals surface area contributed by atoms with Crippen LogP contribution in [0.2, 0.25) is 0 Å². The molecule has 0 radical (unpaired) electrons. The number of anilines is 2. The fourth-order valence-corrected chi connectivity index (χ4v) is 2.03. The zero-order valence-corrected chi connectivity index (χ0v) is 13.6. The van der Waals surface area contributed by atoms with Crippen molar-refractivity contribution in [3.05, 3.63) is 72.8 Å². The van der Waals surface area contributed by atoms with Gasteiger partial charge < -0.3 is 11.5 Å². The van der Waals surface area contributed by atoms with Gasteiger partial charge in [-0.15, -0.1) is 0 Å². The standard InChI is InChI=1S/C18H20N2.C2H6/c1-13(15-5-9-17(19)10-6-15)3-4-14(2)16-7-11-18(20)12-8-16;1-2/h5-12H,1-4,19-20H2;1-2H3. The van der Waals surface area contributed by atoms with Gasteiger partial charge in [0, 0.05) is 11.4 Å². The highest BCUT2D eigenvalue weighted by Crippen LogP contribution is 2.25. The summed E-state index contributed by atoms with van der Waals surface area (Å²) in [5, 5.41) is 0. The molecule has 2 aromatic carbocycles. The summed E-state index contributed by atoms with van der Waals surface area (Å²) in [5.41, 5.74) is 17.4. The number of allylic oxidation sites excluding steroid dienone is 2. The second-order valence-corrected chi connectivity index (χ2v) is 4.95. The summed E-state index contributed by atoms with van der Waals surface area (Å²) in [5.74, 6) is 0. The summed E-state index contributed by atoms with van der Waals surface area (Å²) in [6.07, 6.45) is 1.76. The molecule has 0 saturated heterocycles. The van der Waals surface area contributed by atoms with Crippen LogP contribution < -0.4 is 11.5 Å². The van der Waals surface area contributed by atoms with E-state index >= 15 is 0 Å². The first-order valence-corrected chi connectivity index (χ1v) is 7.63. The highest BCUT2D eigenvalue weighted by molar-refractivity contribution is 5.70. The Labute approximate surface area is 134 Å². The maximum absolute atomic E-state index is 5.68. The average Bonchev–Trinajstić information content (AvgIpc) is 2.55. The fraction of sp³-hybridized carbons (Fsp3) is 0.200. The zero-order valence-electron chi connectivity index (χ0n) is 13.6. The van der Waals surface area contributed by atoms with Gasteiger partial charge in [-0.05, 0) is 59.4 Å². The molecule has 0 unspecified atom stereocenters. The lowest BCUT2D eigenvalue weighted by atomic mass is 9.97. The molecule has 4 N–H and O–H groups in total. The molecule has 2 aromatic rings. The van der Waals surface area contributed by atoms with E-state index < -0.39 is 0 Å². The van der Waals surface area contributed by atoms with Crippen LogP contribution >= 0.6 is 0 Å². The van der Waals surface area contributed by atoms with E-state index in [9.17, 15) is 0 Å². The van der Waals surface area contributed by atoms with Crippen LogP contribution in [0.1, 0.15) is 37.8 Å². The molecule has 0 saturated carbocycles. The minimum Gasteiger partial charge on any atom is -0.399 e. The van der Waals surface area contributed by atoms with Crippen LogP contribution in [0.25, 0.3) is 11.1 Å². The lowest BCUT2D eigenvalue weighted by molar-refractivity contribution is 1.09. The molecular formula is C20H26N2. The van der Waals surface area contributed by atoms with Gasteiger partial charge in [0.25, 0.3) is 0 Å². The Kier molecular flexibility index (Phi) is 6.97. The first-order chi connectivity index (χ1) is 10.6. The Morgan fingerprint density at radius 2 is 0.955 bits per heavy atom. The van der Waals surface area contributed by atoms with E-state index in [1.54, 1.807) is 0 Å². The molecule has 0 aliphatic carbocycles. The van der Waals surface area contributed by atoms with Crippen LogP contribution in [0.4, 0.5) is 11.4 Å². The van der Waals surface area contributed by atoms with Crippen LogP contribution in [0.5, 0.6) is 0 Å². The molecule has 0 aliphatic heterocycles. The molecule has 0 spiro atoms. The van der Waals surface area contributed by atoms with E-state index in [2.05, 4.69) is 13.2 Å². The first kappa shape index (κ1) is 17.6. The van der Waals surface area contributed by atoms with E-state index in [-0.39, 0.29) is 0 Å². The van der Waals surface area contributed by atoms with Gasteiger partial charge in [-0.25, -0.2) is 0 Å². The Morgan fingerprint density at radius 1 is 0.682 bits per heavy atom. The van der Waals surface area contributed by atoms with E-state index in [0.29, 0.717) is 0 Å². The van der Waals surface area contributed by atoms with Gasteiger partial charge in [0.2, 0.25) is 0 Å². The second-order valence-electron chi connectivity index (χ2n) is 4.95. The van der Waals surface area contributed by atoms with E-state index in [0.717, 1.165) is 46.5 Å². The first-order valence-electron chi connectivity index (χ1n) is 7.63. The topological polar surface area (TPSA) is 52.0 Å². The van der Waals surface area contributed by atoms with E-state index in [1.807, 2.05) is 62.4 Å². The van der Waals surface area contributed by atoms with Crippen LogP contribution in [0, 0.1) is 0 Å². The Hall–Kier alpha value is -2.48. The van der Waals surface area contributed by atoms with Gasteiger partial charge in [0.05, 0.1) is 0 Å². The number of benzene rings is 2. The summed E-state index contributed by atoms with van der Waals surface area (Å²) in [4.78, 5) is 0. The van der Waals surface area contributed by atoms with Crippen LogP contribution in [0.15, 0.2) is 61.7 Å². The van der Waals surface area contributed by atoms with Crippen LogP contribution in [0.3, 0.4) is 0 Å². The maximum atomic E-state index is 5.68. The maximum Gasteiger partial charge on any atom is 0.0314 e. The van der Waals surface area contributed by atoms with E-state index in [4.69, 9.17) is 11.5 Å². The van der Waals surface area contributed by atoms with Crippen LogP contribution in [-0.4, -0.2) is 0 Å². The fourth-order valence-electron chi connectivity index (χ4n) is 2.03. The van der Waals surface area contributed by atoms with Gasteiger partial charge in [-0.2, -0.15) is 0 Å². The highest BCUT2D eigenvalue weighted by Gasteiger charge is 2.03. The van der Waals surface area contributed by atoms with Gasteiger partial charge >= 0.3 is 0 Å². The largest absolute Gasteiger partial charge is 0.399 e. The van der Waals surface area contributed by atoms with Crippen molar-refractivity contribution in [2.75, 3.05) is 11.5 Å². The summed E-state index contributed by atoms with van der Waals surface area (Å²) >= 11 is 0. The van der Waals surface area contributed by atoms with Gasteiger partial charge in [-0.1, -0.05) is 51.3 Å². The van der Waals surface area contributed by atoms with Crippen molar-refractivity contribution in [2.45, 2.75) is 26.7 Å². The molecule has 2 heteroatoms. The zero-order chi connectivity index (χ0) is 16.5. The molecule has 0 heterocycles. The lowest BCUT2D eigenvalue weighted by Crippen LogP contribution is -1.90. The summed E-state index contributed by atoms with van der Waals surface area (Å²) in [6, 6.07) is 15.6. The Morgan fingerprint density at radius 3 is 1.23 bits per heavy atom. The van der Waals surface area contributed by atoms with Gasteiger partial charge in [0.1, 0.15) is 0 Å². The lowest BCUT2D eigenvalue weighted by Gasteiger charge is -2.09. The van der Waals surface area contributed by atoms with Crippen LogP contribution in [-0.2, 0) is 0 Å². The normalized spacial score (nSPS) is 9.55. The van der Waals surface area contributed by atoms with Gasteiger partial charge in [-0.3, -0.25) is 0 Å². The van der Waals surface area contributed by atoms with Crippen molar-refractivity contribution in [2.24, 2.45) is 0 Å². The highest BCUT2D eigenvalue weighted by atomic mass is 14.5. The molecule has 0 atom stereocenters. The number of rotatable bonds is 5. The molecule has 2 rings (SSSR count). The summed E-state index contributed by atoms with van der Waals surface area (Å²) < 4.78 is 0. The predicted molar refractivity (Wildman–Crippen MR) is 100 cm³/mol. The molecular weight excluding hydrogens is 268 g/mol. The SMILES string of the molecule is C=C(CCC(=C)c1ccc(N)cc1)c1ccc(N)cc1.CC. The molecule has 116 valence electrons. The number of nitrogen functional groups attached to an aromatic ring is 2.